The Morgan fingerprint density at radius 3 is 2.39 bits per heavy atom. The summed E-state index contributed by atoms with van der Waals surface area (Å²) in [5.41, 5.74) is 1.17. The van der Waals surface area contributed by atoms with Gasteiger partial charge in [0.2, 0.25) is 5.78 Å². The van der Waals surface area contributed by atoms with Crippen molar-refractivity contribution in [2.75, 3.05) is 12.8 Å². The van der Waals surface area contributed by atoms with Gasteiger partial charge in [-0.3, -0.25) is 14.9 Å². The molecular formula is C26H17F6N5O4. The SMILES string of the molecule is COCc1nc2c(N)c(-c3cccn4c(C(=O)c5cc(F)c(F)c(F)c5)cc([N+](=O)[O-])c34)c(C(F)(F)F)cc2n1C. The number of hydrogen-bond donors (Lipinski definition) is 1. The van der Waals surface area contributed by atoms with Crippen molar-refractivity contribution < 1.29 is 40.8 Å². The van der Waals surface area contributed by atoms with Crippen LogP contribution in [-0.4, -0.2) is 31.8 Å². The first kappa shape index (κ1) is 27.6. The van der Waals surface area contributed by atoms with E-state index in [1.807, 2.05) is 0 Å². The number of rotatable bonds is 6. The van der Waals surface area contributed by atoms with Gasteiger partial charge < -0.3 is 19.4 Å². The van der Waals surface area contributed by atoms with Crippen LogP contribution in [-0.2, 0) is 24.6 Å². The van der Waals surface area contributed by atoms with Crippen molar-refractivity contribution in [1.29, 1.82) is 0 Å². The molecule has 2 aromatic carbocycles. The first-order valence-electron chi connectivity index (χ1n) is 11.6. The monoisotopic (exact) mass is 577 g/mol. The second kappa shape index (κ2) is 9.62. The van der Waals surface area contributed by atoms with Gasteiger partial charge >= 0.3 is 6.18 Å². The molecule has 0 fully saturated rings. The predicted octanol–water partition coefficient (Wildman–Crippen LogP) is 5.80. The molecule has 15 heteroatoms. The van der Waals surface area contributed by atoms with Crippen LogP contribution in [0.3, 0.4) is 0 Å². The average molecular weight is 577 g/mol. The van der Waals surface area contributed by atoms with Crippen molar-refractivity contribution in [2.24, 2.45) is 7.05 Å². The van der Waals surface area contributed by atoms with Crippen molar-refractivity contribution in [3.8, 4) is 11.1 Å². The highest BCUT2D eigenvalue weighted by molar-refractivity contribution is 6.11. The number of fused-ring (bicyclic) bond motifs is 2. The van der Waals surface area contributed by atoms with E-state index >= 15 is 0 Å². The maximum atomic E-state index is 14.4. The number of carbonyl (C=O) groups is 1. The van der Waals surface area contributed by atoms with Crippen LogP contribution in [0.4, 0.5) is 37.7 Å². The third-order valence-electron chi connectivity index (χ3n) is 6.60. The van der Waals surface area contributed by atoms with Gasteiger partial charge in [-0.25, -0.2) is 18.2 Å². The smallest absolute Gasteiger partial charge is 0.396 e. The molecule has 5 rings (SSSR count). The zero-order valence-electron chi connectivity index (χ0n) is 21.0. The van der Waals surface area contributed by atoms with E-state index in [2.05, 4.69) is 4.98 Å². The first-order valence-corrected chi connectivity index (χ1v) is 11.6. The molecular weight excluding hydrogens is 560 g/mol. The van der Waals surface area contributed by atoms with Crippen LogP contribution in [0.25, 0.3) is 27.7 Å². The third-order valence-corrected chi connectivity index (χ3v) is 6.60. The van der Waals surface area contributed by atoms with Crippen molar-refractivity contribution in [2.45, 2.75) is 12.8 Å². The average Bonchev–Trinajstić information content (AvgIpc) is 3.45. The third kappa shape index (κ3) is 4.34. The van der Waals surface area contributed by atoms with Gasteiger partial charge in [0.25, 0.3) is 5.69 Å². The summed E-state index contributed by atoms with van der Waals surface area (Å²) in [5, 5.41) is 12.1. The summed E-state index contributed by atoms with van der Waals surface area (Å²) in [6.07, 6.45) is -3.84. The number of halogens is 6. The van der Waals surface area contributed by atoms with Crippen LogP contribution in [0, 0.1) is 27.6 Å². The molecule has 0 saturated carbocycles. The number of imidazole rings is 1. The summed E-state index contributed by atoms with van der Waals surface area (Å²) in [4.78, 5) is 28.6. The van der Waals surface area contributed by atoms with Crippen LogP contribution in [0.15, 0.2) is 42.6 Å². The maximum Gasteiger partial charge on any atom is 0.417 e. The minimum atomic E-state index is -4.99. The zero-order chi connectivity index (χ0) is 30.0. The molecule has 0 unspecified atom stereocenters. The number of ether oxygens (including phenoxy) is 1. The van der Waals surface area contributed by atoms with Crippen molar-refractivity contribution in [3.63, 3.8) is 0 Å². The van der Waals surface area contributed by atoms with E-state index in [0.29, 0.717) is 12.1 Å². The topological polar surface area (TPSA) is 118 Å². The van der Waals surface area contributed by atoms with Gasteiger partial charge in [-0.1, -0.05) is 6.07 Å². The van der Waals surface area contributed by atoms with Crippen molar-refractivity contribution in [1.82, 2.24) is 14.0 Å². The molecule has 0 spiro atoms. The molecule has 0 amide bonds. The highest BCUT2D eigenvalue weighted by atomic mass is 19.4. The minimum Gasteiger partial charge on any atom is -0.396 e. The number of carbonyl (C=O) groups excluding carboxylic acids is 1. The van der Waals surface area contributed by atoms with E-state index in [4.69, 9.17) is 10.5 Å². The van der Waals surface area contributed by atoms with Crippen LogP contribution in [0.5, 0.6) is 0 Å². The molecule has 0 aliphatic heterocycles. The lowest BCUT2D eigenvalue weighted by atomic mass is 9.95. The number of aryl methyl sites for hydroxylation is 1. The molecule has 0 saturated heterocycles. The number of ketones is 1. The van der Waals surface area contributed by atoms with Crippen molar-refractivity contribution in [3.05, 3.63) is 92.8 Å². The highest BCUT2D eigenvalue weighted by Gasteiger charge is 2.38. The fraction of sp³-hybridized carbons (Fsp3) is 0.154. The number of aromatic nitrogens is 3. The Balaban J connectivity index is 1.85. The molecule has 0 aliphatic carbocycles. The lowest BCUT2D eigenvalue weighted by Crippen LogP contribution is -2.11. The lowest BCUT2D eigenvalue weighted by molar-refractivity contribution is -0.383. The Morgan fingerprint density at radius 1 is 1.15 bits per heavy atom. The Hall–Kier alpha value is -4.92. The Bertz CT molecular complexity index is 1890. The van der Waals surface area contributed by atoms with Crippen LogP contribution in [0.1, 0.15) is 27.4 Å². The standard InChI is InChI=1S/C26H17F6N5O4/c1-35-16-8-13(26(30,31)32)20(22(33)23(16)34-19(35)10-41-2)12-4-3-5-36-18(9-17(24(12)36)37(39)40)25(38)11-6-14(27)21(29)15(28)7-11/h3-9H,10,33H2,1-2H3. The second-order valence-corrected chi connectivity index (χ2v) is 8.99. The zero-order valence-corrected chi connectivity index (χ0v) is 21.0. The van der Waals surface area contributed by atoms with Gasteiger partial charge in [0.05, 0.1) is 21.7 Å². The van der Waals surface area contributed by atoms with Gasteiger partial charge in [-0.15, -0.1) is 0 Å². The summed E-state index contributed by atoms with van der Waals surface area (Å²) in [7, 11) is 2.84. The lowest BCUT2D eigenvalue weighted by Gasteiger charge is -2.17. The fourth-order valence-electron chi connectivity index (χ4n) is 4.76. The number of anilines is 1. The van der Waals surface area contributed by atoms with Crippen LogP contribution in [0.2, 0.25) is 0 Å². The molecule has 212 valence electrons. The van der Waals surface area contributed by atoms with E-state index in [0.717, 1.165) is 28.8 Å². The molecule has 0 radical (unpaired) electrons. The number of nitrogens with two attached hydrogens (primary N) is 1. The number of hydrogen-bond acceptors (Lipinski definition) is 6. The molecule has 3 aromatic heterocycles. The summed E-state index contributed by atoms with van der Waals surface area (Å²) in [6.45, 7) is -0.0445. The quantitative estimate of drug-likeness (QED) is 0.0681. The van der Waals surface area contributed by atoms with Crippen LogP contribution < -0.4 is 5.73 Å². The molecule has 2 N–H and O–H groups in total. The van der Waals surface area contributed by atoms with Gasteiger partial charge in [-0.2, -0.15) is 13.2 Å². The molecule has 0 aliphatic rings. The minimum absolute atomic E-state index is 0.0210. The molecule has 41 heavy (non-hydrogen) atoms. The van der Waals surface area contributed by atoms with Gasteiger partial charge in [0, 0.05) is 43.1 Å². The summed E-state index contributed by atoms with van der Waals surface area (Å²) >= 11 is 0. The van der Waals surface area contributed by atoms with Crippen LogP contribution >= 0.6 is 0 Å². The first-order chi connectivity index (χ1) is 19.3. The number of pyridine rings is 1. The Labute approximate surface area is 225 Å². The van der Waals surface area contributed by atoms with E-state index in [9.17, 15) is 41.3 Å². The Kier molecular flexibility index (Phi) is 6.49. The second-order valence-electron chi connectivity index (χ2n) is 8.99. The molecule has 0 bridgehead atoms. The Morgan fingerprint density at radius 2 is 1.80 bits per heavy atom. The fourth-order valence-corrected chi connectivity index (χ4v) is 4.76. The largest absolute Gasteiger partial charge is 0.417 e. The number of nitrogens with zero attached hydrogens (tertiary/aromatic N) is 4. The number of benzene rings is 2. The molecule has 9 nitrogen and oxygen atoms in total. The summed E-state index contributed by atoms with van der Waals surface area (Å²) < 4.78 is 91.8. The number of nitro groups is 1. The molecule has 3 heterocycles. The predicted molar refractivity (Wildman–Crippen MR) is 134 cm³/mol. The van der Waals surface area contributed by atoms with E-state index in [1.165, 1.54) is 24.8 Å². The maximum absolute atomic E-state index is 14.4. The highest BCUT2D eigenvalue weighted by Crippen LogP contribution is 2.46. The van der Waals surface area contributed by atoms with E-state index < -0.39 is 73.6 Å². The number of nitrogen functional groups attached to an aromatic ring is 1. The van der Waals surface area contributed by atoms with Gasteiger partial charge in [0.1, 0.15) is 29.2 Å². The van der Waals surface area contributed by atoms with Crippen molar-refractivity contribution >= 4 is 33.7 Å². The number of methoxy groups -OCH3 is 1. The van der Waals surface area contributed by atoms with Gasteiger partial charge in [-0.05, 0) is 24.3 Å². The molecule has 0 atom stereocenters. The van der Waals surface area contributed by atoms with Gasteiger partial charge in [0.15, 0.2) is 17.5 Å². The van der Waals surface area contributed by atoms with E-state index in [1.54, 1.807) is 0 Å². The number of alkyl halides is 3. The summed E-state index contributed by atoms with van der Waals surface area (Å²) in [6, 6.07) is 4.73. The summed E-state index contributed by atoms with van der Waals surface area (Å²) in [5.74, 6) is -6.08. The normalized spacial score (nSPS) is 12.0. The molecule has 5 aromatic rings. The van der Waals surface area contributed by atoms with E-state index in [-0.39, 0.29) is 29.0 Å².